The molecular formula is C14H7N2O3. The van der Waals surface area contributed by atoms with Gasteiger partial charge in [-0.05, 0) is 12.1 Å². The lowest BCUT2D eigenvalue weighted by Crippen LogP contribution is -1.93. The molecule has 19 heavy (non-hydrogen) atoms. The van der Waals surface area contributed by atoms with E-state index < -0.39 is 5.76 Å². The maximum Gasteiger partial charge on any atom is 0.417 e. The van der Waals surface area contributed by atoms with Crippen molar-refractivity contribution in [1.82, 2.24) is 9.97 Å². The average molecular weight is 251 g/mol. The van der Waals surface area contributed by atoms with Crippen LogP contribution in [0.4, 0.5) is 0 Å². The van der Waals surface area contributed by atoms with E-state index in [4.69, 9.17) is 8.83 Å². The lowest BCUT2D eigenvalue weighted by molar-refractivity contribution is 0.555. The highest BCUT2D eigenvalue weighted by atomic mass is 16.4. The number of nitrogens with zero attached hydrogens (tertiary/aromatic N) is 1. The summed E-state index contributed by atoms with van der Waals surface area (Å²) < 4.78 is 10.2. The molecule has 5 nitrogen and oxygen atoms in total. The second-order valence-corrected chi connectivity index (χ2v) is 4.15. The molecule has 2 aromatic carbocycles. The molecule has 2 heterocycles. The van der Waals surface area contributed by atoms with E-state index >= 15 is 0 Å². The van der Waals surface area contributed by atoms with E-state index in [0.29, 0.717) is 22.2 Å². The topological polar surface area (TPSA) is 72.0 Å². The van der Waals surface area contributed by atoms with Crippen LogP contribution in [-0.2, 0) is 0 Å². The molecule has 0 aliphatic heterocycles. The van der Waals surface area contributed by atoms with Crippen molar-refractivity contribution >= 4 is 22.2 Å². The van der Waals surface area contributed by atoms with Gasteiger partial charge in [0, 0.05) is 11.1 Å². The monoisotopic (exact) mass is 251 g/mol. The summed E-state index contributed by atoms with van der Waals surface area (Å²) in [6, 6.07) is 11.1. The summed E-state index contributed by atoms with van der Waals surface area (Å²) in [6.45, 7) is 0. The Morgan fingerprint density at radius 1 is 1.05 bits per heavy atom. The van der Waals surface area contributed by atoms with E-state index in [9.17, 15) is 4.79 Å². The fourth-order valence-electron chi connectivity index (χ4n) is 2.25. The quantitative estimate of drug-likeness (QED) is 0.564. The first kappa shape index (κ1) is 10.1. The van der Waals surface area contributed by atoms with Gasteiger partial charge < -0.3 is 8.83 Å². The average Bonchev–Trinajstić information content (AvgIpc) is 3.02. The predicted molar refractivity (Wildman–Crippen MR) is 68.7 cm³/mol. The largest absolute Gasteiger partial charge is 0.432 e. The maximum atomic E-state index is 11.3. The van der Waals surface area contributed by atoms with Gasteiger partial charge in [0.25, 0.3) is 6.39 Å². The van der Waals surface area contributed by atoms with Crippen LogP contribution in [0.2, 0.25) is 0 Å². The summed E-state index contributed by atoms with van der Waals surface area (Å²) in [5, 5.41) is 0. The molecule has 1 radical (unpaired) electrons. The second-order valence-electron chi connectivity index (χ2n) is 4.15. The molecule has 0 spiro atoms. The Kier molecular flexibility index (Phi) is 1.91. The third-order valence-electron chi connectivity index (χ3n) is 3.06. The van der Waals surface area contributed by atoms with Crippen LogP contribution < -0.4 is 5.76 Å². The van der Waals surface area contributed by atoms with Gasteiger partial charge in [0.2, 0.25) is 0 Å². The molecule has 1 N–H and O–H groups in total. The summed E-state index contributed by atoms with van der Waals surface area (Å²) in [6.07, 6.45) is 2.48. The molecular weight excluding hydrogens is 244 g/mol. The Hall–Kier alpha value is -2.82. The third-order valence-corrected chi connectivity index (χ3v) is 3.06. The van der Waals surface area contributed by atoms with Gasteiger partial charge in [-0.3, -0.25) is 4.98 Å². The molecule has 2 aromatic heterocycles. The summed E-state index contributed by atoms with van der Waals surface area (Å²) in [5.74, 6) is -0.471. The van der Waals surface area contributed by atoms with Crippen molar-refractivity contribution in [3.05, 3.63) is 53.3 Å². The highest BCUT2D eigenvalue weighted by molar-refractivity contribution is 5.99. The summed E-state index contributed by atoms with van der Waals surface area (Å²) in [7, 11) is 0. The molecule has 0 aliphatic carbocycles. The molecule has 0 bridgehead atoms. The van der Waals surface area contributed by atoms with E-state index in [2.05, 4.69) is 16.4 Å². The van der Waals surface area contributed by atoms with Crippen LogP contribution in [-0.4, -0.2) is 9.97 Å². The summed E-state index contributed by atoms with van der Waals surface area (Å²) in [4.78, 5) is 18.1. The first-order valence-electron chi connectivity index (χ1n) is 5.71. The van der Waals surface area contributed by atoms with Gasteiger partial charge >= 0.3 is 5.76 Å². The van der Waals surface area contributed by atoms with Crippen LogP contribution in [0.1, 0.15) is 0 Å². The van der Waals surface area contributed by atoms with Crippen LogP contribution in [0.15, 0.2) is 50.0 Å². The van der Waals surface area contributed by atoms with Crippen LogP contribution in [0, 0.1) is 6.39 Å². The standard InChI is InChI=1S/C14H7N2O3/c17-14-16-13-9(4-2-6-11(13)19-14)8-3-1-5-10-12(8)15-7-18-10/h1-6H,(H,16,17). The Morgan fingerprint density at radius 3 is 2.74 bits per heavy atom. The number of H-pyrrole nitrogens is 1. The third kappa shape index (κ3) is 1.41. The van der Waals surface area contributed by atoms with Crippen LogP contribution in [0.5, 0.6) is 0 Å². The molecule has 91 valence electrons. The van der Waals surface area contributed by atoms with Gasteiger partial charge in [-0.15, -0.1) is 0 Å². The van der Waals surface area contributed by atoms with Gasteiger partial charge in [0.1, 0.15) is 5.52 Å². The number of benzene rings is 2. The number of oxazole rings is 2. The van der Waals surface area contributed by atoms with Crippen LogP contribution >= 0.6 is 0 Å². The first-order chi connectivity index (χ1) is 9.33. The van der Waals surface area contributed by atoms with Crippen molar-refractivity contribution in [2.45, 2.75) is 0 Å². The van der Waals surface area contributed by atoms with E-state index in [1.54, 1.807) is 6.07 Å². The molecule has 5 heteroatoms. The Morgan fingerprint density at radius 2 is 1.84 bits per heavy atom. The van der Waals surface area contributed by atoms with Crippen molar-refractivity contribution < 1.29 is 8.83 Å². The normalized spacial score (nSPS) is 11.4. The van der Waals surface area contributed by atoms with E-state index in [1.165, 1.54) is 0 Å². The minimum Gasteiger partial charge on any atom is -0.432 e. The number of fused-ring (bicyclic) bond motifs is 2. The first-order valence-corrected chi connectivity index (χ1v) is 5.71. The number of aromatic nitrogens is 2. The second kappa shape index (κ2) is 3.58. The SMILES string of the molecule is O=c1[nH]c2c(-c3cccc4o[c]nc34)cccc2o1. The van der Waals surface area contributed by atoms with E-state index in [1.807, 2.05) is 30.3 Å². The zero-order chi connectivity index (χ0) is 12.8. The molecule has 0 amide bonds. The van der Waals surface area contributed by atoms with Gasteiger partial charge in [-0.1, -0.05) is 24.3 Å². The highest BCUT2D eigenvalue weighted by Gasteiger charge is 2.12. The Labute approximate surface area is 106 Å². The van der Waals surface area contributed by atoms with Crippen molar-refractivity contribution in [2.24, 2.45) is 0 Å². The fraction of sp³-hybridized carbons (Fsp3) is 0. The molecule has 0 saturated carbocycles. The molecule has 4 rings (SSSR count). The lowest BCUT2D eigenvalue weighted by Gasteiger charge is -2.02. The maximum absolute atomic E-state index is 11.3. The molecule has 0 unspecified atom stereocenters. The predicted octanol–water partition coefficient (Wildman–Crippen LogP) is 2.73. The van der Waals surface area contributed by atoms with Gasteiger partial charge in [0.15, 0.2) is 11.2 Å². The molecule has 0 saturated heterocycles. The van der Waals surface area contributed by atoms with E-state index in [0.717, 1.165) is 11.1 Å². The lowest BCUT2D eigenvalue weighted by atomic mass is 10.0. The van der Waals surface area contributed by atoms with E-state index in [-0.39, 0.29) is 0 Å². The minimum absolute atomic E-state index is 0.471. The smallest absolute Gasteiger partial charge is 0.417 e. The van der Waals surface area contributed by atoms with Gasteiger partial charge in [-0.2, -0.15) is 0 Å². The minimum atomic E-state index is -0.471. The molecule has 4 aromatic rings. The highest BCUT2D eigenvalue weighted by Crippen LogP contribution is 2.31. The molecule has 0 fully saturated rings. The number of hydrogen-bond acceptors (Lipinski definition) is 4. The van der Waals surface area contributed by atoms with Crippen molar-refractivity contribution in [3.8, 4) is 11.1 Å². The number of aromatic amines is 1. The van der Waals surface area contributed by atoms with Gasteiger partial charge in [-0.25, -0.2) is 9.78 Å². The van der Waals surface area contributed by atoms with Crippen LogP contribution in [0.3, 0.4) is 0 Å². The number of rotatable bonds is 1. The van der Waals surface area contributed by atoms with Crippen molar-refractivity contribution in [3.63, 3.8) is 0 Å². The number of nitrogens with one attached hydrogen (secondary N) is 1. The summed E-state index contributed by atoms with van der Waals surface area (Å²) in [5.41, 5.74) is 4.24. The van der Waals surface area contributed by atoms with Crippen LogP contribution in [0.25, 0.3) is 33.3 Å². The Balaban J connectivity index is 2.14. The zero-order valence-corrected chi connectivity index (χ0v) is 9.64. The number of hydrogen-bond donors (Lipinski definition) is 1. The molecule has 0 atom stereocenters. The van der Waals surface area contributed by atoms with Crippen molar-refractivity contribution in [2.75, 3.05) is 0 Å². The Bertz CT molecular complexity index is 946. The zero-order valence-electron chi connectivity index (χ0n) is 9.64. The molecule has 0 aliphatic rings. The van der Waals surface area contributed by atoms with Crippen molar-refractivity contribution in [1.29, 1.82) is 0 Å². The van der Waals surface area contributed by atoms with Gasteiger partial charge in [0.05, 0.1) is 5.52 Å². The summed E-state index contributed by atoms with van der Waals surface area (Å²) >= 11 is 0. The number of para-hydroxylation sites is 2. The fourth-order valence-corrected chi connectivity index (χ4v) is 2.25.